The van der Waals surface area contributed by atoms with Crippen LogP contribution in [-0.4, -0.2) is 29.3 Å². The minimum Gasteiger partial charge on any atom is -0.496 e. The van der Waals surface area contributed by atoms with E-state index in [-0.39, 0.29) is 11.8 Å². The molecule has 0 saturated heterocycles. The second-order valence-corrected chi connectivity index (χ2v) is 9.10. The summed E-state index contributed by atoms with van der Waals surface area (Å²) in [5.41, 5.74) is 2.57. The third kappa shape index (κ3) is 7.38. The Bertz CT molecular complexity index is 1250. The third-order valence-electron chi connectivity index (χ3n) is 6.09. The van der Waals surface area contributed by atoms with Gasteiger partial charge in [-0.1, -0.05) is 23.8 Å². The number of rotatable bonds is 11. The Hall–Kier alpha value is -3.75. The monoisotopic (exact) mass is 513 g/mol. The molecule has 2 aromatic carbocycles. The fourth-order valence-electron chi connectivity index (χ4n) is 3.94. The molecular formula is C28H30F3N3O3. The zero-order chi connectivity index (χ0) is 26.4. The second-order valence-electron chi connectivity index (χ2n) is 9.10. The highest BCUT2D eigenvalue weighted by Gasteiger charge is 2.37. The molecule has 0 radical (unpaired) electrons. The van der Waals surface area contributed by atoms with Crippen molar-refractivity contribution in [3.8, 4) is 11.5 Å². The number of aromatic nitrogens is 2. The Morgan fingerprint density at radius 2 is 1.92 bits per heavy atom. The van der Waals surface area contributed by atoms with Gasteiger partial charge in [0, 0.05) is 36.3 Å². The zero-order valence-electron chi connectivity index (χ0n) is 20.8. The van der Waals surface area contributed by atoms with Crippen LogP contribution in [0.3, 0.4) is 0 Å². The van der Waals surface area contributed by atoms with Gasteiger partial charge in [-0.3, -0.25) is 9.48 Å². The molecule has 0 spiro atoms. The molecule has 6 nitrogen and oxygen atoms in total. The molecule has 0 aliphatic heterocycles. The van der Waals surface area contributed by atoms with E-state index in [1.54, 1.807) is 13.2 Å². The summed E-state index contributed by atoms with van der Waals surface area (Å²) in [4.78, 5) is 12.3. The van der Waals surface area contributed by atoms with E-state index < -0.39 is 11.9 Å². The summed E-state index contributed by atoms with van der Waals surface area (Å²) in [5.74, 6) is 1.30. The standard InChI is InChI=1S/C28H30F3N3O3/c1-19-4-10-23(11-5-19)37-18-22-16-20(6-12-25(22)36-2)7-13-27(35)32-14-3-15-34-24(21-8-9-21)17-26(33-34)28(29,30)31/h4-7,10-13,16-17,21H,3,8-9,14-15,18H2,1-2H3,(H,32,35)/b13-7+. The summed E-state index contributed by atoms with van der Waals surface area (Å²) in [5, 5.41) is 6.51. The zero-order valence-corrected chi connectivity index (χ0v) is 20.8. The number of carbonyl (C=O) groups is 1. The van der Waals surface area contributed by atoms with Crippen LogP contribution in [0.2, 0.25) is 0 Å². The number of nitrogens with one attached hydrogen (secondary N) is 1. The first-order valence-electron chi connectivity index (χ1n) is 12.2. The number of nitrogens with zero attached hydrogens (tertiary/aromatic N) is 2. The van der Waals surface area contributed by atoms with Gasteiger partial charge in [0.1, 0.15) is 18.1 Å². The van der Waals surface area contributed by atoms with Gasteiger partial charge < -0.3 is 14.8 Å². The third-order valence-corrected chi connectivity index (χ3v) is 6.09. The van der Waals surface area contributed by atoms with E-state index in [0.29, 0.717) is 37.6 Å². The normalized spacial score (nSPS) is 13.6. The first kappa shape index (κ1) is 26.3. The molecule has 0 atom stereocenters. The number of methoxy groups -OCH3 is 1. The molecule has 1 heterocycles. The Kier molecular flexibility index (Phi) is 8.21. The second kappa shape index (κ2) is 11.5. The van der Waals surface area contributed by atoms with Crippen LogP contribution in [0.5, 0.6) is 11.5 Å². The van der Waals surface area contributed by atoms with Gasteiger partial charge in [0.2, 0.25) is 5.91 Å². The molecule has 1 saturated carbocycles. The Morgan fingerprint density at radius 1 is 1.16 bits per heavy atom. The minimum absolute atomic E-state index is 0.151. The van der Waals surface area contributed by atoms with Gasteiger partial charge in [-0.05, 0) is 68.2 Å². The van der Waals surface area contributed by atoms with Gasteiger partial charge in [-0.25, -0.2) is 0 Å². The van der Waals surface area contributed by atoms with Crippen LogP contribution in [-0.2, 0) is 24.1 Å². The SMILES string of the molecule is COc1ccc(/C=C/C(=O)NCCCn2nc(C(F)(F)F)cc2C2CC2)cc1COc1ccc(C)cc1. The van der Waals surface area contributed by atoms with Crippen LogP contribution in [0.25, 0.3) is 6.08 Å². The molecule has 4 rings (SSSR count). The van der Waals surface area contributed by atoms with Crippen molar-refractivity contribution >= 4 is 12.0 Å². The average Bonchev–Trinajstić information content (AvgIpc) is 3.63. The number of hydrogen-bond acceptors (Lipinski definition) is 4. The smallest absolute Gasteiger partial charge is 0.435 e. The van der Waals surface area contributed by atoms with Crippen molar-refractivity contribution in [1.29, 1.82) is 0 Å². The molecule has 9 heteroatoms. The van der Waals surface area contributed by atoms with Gasteiger partial charge in [0.05, 0.1) is 7.11 Å². The number of alkyl halides is 3. The lowest BCUT2D eigenvalue weighted by Crippen LogP contribution is -2.23. The molecular weight excluding hydrogens is 483 g/mol. The predicted molar refractivity (Wildman–Crippen MR) is 134 cm³/mol. The van der Waals surface area contributed by atoms with Crippen molar-refractivity contribution in [3.05, 3.63) is 82.7 Å². The van der Waals surface area contributed by atoms with E-state index >= 15 is 0 Å². The summed E-state index contributed by atoms with van der Waals surface area (Å²) in [6, 6.07) is 14.5. The summed E-state index contributed by atoms with van der Waals surface area (Å²) < 4.78 is 51.8. The first-order valence-corrected chi connectivity index (χ1v) is 12.2. The number of aryl methyl sites for hydroxylation is 2. The van der Waals surface area contributed by atoms with Gasteiger partial charge in [0.15, 0.2) is 5.69 Å². The summed E-state index contributed by atoms with van der Waals surface area (Å²) >= 11 is 0. The molecule has 37 heavy (non-hydrogen) atoms. The van der Waals surface area contributed by atoms with Crippen LogP contribution in [0, 0.1) is 6.92 Å². The highest BCUT2D eigenvalue weighted by Crippen LogP contribution is 2.42. The Labute approximate surface area is 214 Å². The topological polar surface area (TPSA) is 65.4 Å². The van der Waals surface area contributed by atoms with Crippen molar-refractivity contribution < 1.29 is 27.4 Å². The molecule has 1 aromatic heterocycles. The summed E-state index contributed by atoms with van der Waals surface area (Å²) in [6.45, 7) is 2.96. The van der Waals surface area contributed by atoms with Crippen LogP contribution in [0.4, 0.5) is 13.2 Å². The van der Waals surface area contributed by atoms with Crippen molar-refractivity contribution in [1.82, 2.24) is 15.1 Å². The van der Waals surface area contributed by atoms with E-state index in [4.69, 9.17) is 9.47 Å². The number of hydrogen-bond donors (Lipinski definition) is 1. The number of ether oxygens (including phenoxy) is 2. The van der Waals surface area contributed by atoms with Crippen molar-refractivity contribution in [2.45, 2.75) is 51.4 Å². The van der Waals surface area contributed by atoms with Gasteiger partial charge in [-0.15, -0.1) is 0 Å². The number of halogens is 3. The van der Waals surface area contributed by atoms with Crippen molar-refractivity contribution in [2.24, 2.45) is 0 Å². The maximum absolute atomic E-state index is 13.0. The molecule has 1 fully saturated rings. The number of amides is 1. The Balaban J connectivity index is 1.28. The van der Waals surface area contributed by atoms with Gasteiger partial charge in [0.25, 0.3) is 0 Å². The van der Waals surface area contributed by atoms with E-state index in [0.717, 1.165) is 41.3 Å². The van der Waals surface area contributed by atoms with Crippen LogP contribution in [0.1, 0.15) is 53.3 Å². The van der Waals surface area contributed by atoms with Crippen molar-refractivity contribution in [2.75, 3.05) is 13.7 Å². The van der Waals surface area contributed by atoms with Gasteiger partial charge >= 0.3 is 6.18 Å². The minimum atomic E-state index is -4.46. The van der Waals surface area contributed by atoms with Crippen molar-refractivity contribution in [3.63, 3.8) is 0 Å². The molecule has 3 aromatic rings. The molecule has 1 aliphatic carbocycles. The predicted octanol–water partition coefficient (Wildman–Crippen LogP) is 5.90. The Morgan fingerprint density at radius 3 is 2.59 bits per heavy atom. The van der Waals surface area contributed by atoms with Crippen LogP contribution in [0.15, 0.2) is 54.6 Å². The molecule has 196 valence electrons. The molecule has 0 bridgehead atoms. The van der Waals surface area contributed by atoms with E-state index in [9.17, 15) is 18.0 Å². The largest absolute Gasteiger partial charge is 0.496 e. The number of benzene rings is 2. The molecule has 1 N–H and O–H groups in total. The molecule has 0 unspecified atom stereocenters. The quantitative estimate of drug-likeness (QED) is 0.256. The van der Waals surface area contributed by atoms with E-state index in [1.165, 1.54) is 10.8 Å². The lowest BCUT2D eigenvalue weighted by atomic mass is 10.1. The fraction of sp³-hybridized carbons (Fsp3) is 0.357. The number of carbonyl (C=O) groups excluding carboxylic acids is 1. The highest BCUT2D eigenvalue weighted by atomic mass is 19.4. The summed E-state index contributed by atoms with van der Waals surface area (Å²) in [6.07, 6.45) is 0.908. The van der Waals surface area contributed by atoms with Crippen LogP contribution < -0.4 is 14.8 Å². The lowest BCUT2D eigenvalue weighted by Gasteiger charge is -2.11. The molecule has 1 aliphatic rings. The van der Waals surface area contributed by atoms with E-state index in [2.05, 4.69) is 10.4 Å². The van der Waals surface area contributed by atoms with E-state index in [1.807, 2.05) is 49.4 Å². The average molecular weight is 514 g/mol. The highest BCUT2D eigenvalue weighted by molar-refractivity contribution is 5.91. The maximum Gasteiger partial charge on any atom is 0.435 e. The van der Waals surface area contributed by atoms with Crippen LogP contribution >= 0.6 is 0 Å². The fourth-order valence-corrected chi connectivity index (χ4v) is 3.94. The first-order chi connectivity index (χ1) is 17.7. The van der Waals surface area contributed by atoms with Gasteiger partial charge in [-0.2, -0.15) is 18.3 Å². The maximum atomic E-state index is 13.0. The molecule has 1 amide bonds. The summed E-state index contributed by atoms with van der Waals surface area (Å²) in [7, 11) is 1.59. The lowest BCUT2D eigenvalue weighted by molar-refractivity contribution is -0.141.